The molecule has 0 spiro atoms. The lowest BCUT2D eigenvalue weighted by atomic mass is 9.83. The molecule has 0 aliphatic carbocycles. The molecule has 0 amide bonds. The lowest BCUT2D eigenvalue weighted by Crippen LogP contribution is -2.47. The number of carbonyl (C=O) groups is 1. The number of piperidine rings is 1. The average molecular weight is 241 g/mol. The minimum atomic E-state index is -0.648. The quantitative estimate of drug-likeness (QED) is 0.804. The molecule has 0 bridgehead atoms. The Morgan fingerprint density at radius 1 is 1.35 bits per heavy atom. The molecule has 1 aliphatic heterocycles. The van der Waals surface area contributed by atoms with E-state index >= 15 is 0 Å². The summed E-state index contributed by atoms with van der Waals surface area (Å²) in [5.74, 6) is 0.738. The zero-order chi connectivity index (χ0) is 13.1. The molecular formula is C14H27NO2. The second-order valence-corrected chi connectivity index (χ2v) is 6.26. The Morgan fingerprint density at radius 2 is 1.88 bits per heavy atom. The number of hydrogen-bond donors (Lipinski definition) is 1. The van der Waals surface area contributed by atoms with Crippen molar-refractivity contribution in [3.63, 3.8) is 0 Å². The fourth-order valence-corrected chi connectivity index (χ4v) is 3.22. The highest BCUT2D eigenvalue weighted by atomic mass is 16.4. The number of nitrogens with zero attached hydrogens (tertiary/aromatic N) is 1. The number of likely N-dealkylation sites (tertiary alicyclic amines) is 1. The van der Waals surface area contributed by atoms with Gasteiger partial charge in [-0.2, -0.15) is 0 Å². The van der Waals surface area contributed by atoms with Crippen LogP contribution in [0.4, 0.5) is 0 Å². The molecule has 1 fully saturated rings. The molecule has 1 saturated heterocycles. The minimum absolute atomic E-state index is 0.578. The molecule has 0 saturated carbocycles. The molecule has 0 aromatic carbocycles. The van der Waals surface area contributed by atoms with E-state index in [9.17, 15) is 9.90 Å². The van der Waals surface area contributed by atoms with Crippen LogP contribution >= 0.6 is 0 Å². The van der Waals surface area contributed by atoms with Gasteiger partial charge in [-0.15, -0.1) is 0 Å². The first kappa shape index (κ1) is 14.5. The zero-order valence-corrected chi connectivity index (χ0v) is 11.7. The molecule has 3 atom stereocenters. The second kappa shape index (κ2) is 5.85. The summed E-state index contributed by atoms with van der Waals surface area (Å²) >= 11 is 0. The van der Waals surface area contributed by atoms with Gasteiger partial charge in [0.2, 0.25) is 0 Å². The van der Waals surface area contributed by atoms with E-state index in [2.05, 4.69) is 25.7 Å². The van der Waals surface area contributed by atoms with Crippen molar-refractivity contribution < 1.29 is 9.90 Å². The number of carboxylic acid groups (broad SMARTS) is 1. The normalized spacial score (nSPS) is 29.9. The molecule has 1 rings (SSSR count). The first-order valence-corrected chi connectivity index (χ1v) is 6.83. The van der Waals surface area contributed by atoms with Gasteiger partial charge in [-0.3, -0.25) is 4.79 Å². The number of aliphatic carboxylic acids is 1. The van der Waals surface area contributed by atoms with Crippen molar-refractivity contribution in [3.8, 4) is 0 Å². The van der Waals surface area contributed by atoms with Crippen molar-refractivity contribution in [2.24, 2.45) is 17.3 Å². The maximum absolute atomic E-state index is 11.4. The molecule has 1 N–H and O–H groups in total. The third-order valence-corrected chi connectivity index (χ3v) is 3.84. The highest BCUT2D eigenvalue weighted by molar-refractivity contribution is 5.74. The zero-order valence-electron chi connectivity index (χ0n) is 11.7. The van der Waals surface area contributed by atoms with Crippen molar-refractivity contribution in [3.05, 3.63) is 0 Å². The largest absolute Gasteiger partial charge is 0.481 e. The van der Waals surface area contributed by atoms with E-state index in [-0.39, 0.29) is 0 Å². The third-order valence-electron chi connectivity index (χ3n) is 3.84. The molecule has 1 heterocycles. The molecule has 3 unspecified atom stereocenters. The lowest BCUT2D eigenvalue weighted by Gasteiger charge is -2.39. The van der Waals surface area contributed by atoms with Crippen molar-refractivity contribution in [2.75, 3.05) is 19.6 Å². The van der Waals surface area contributed by atoms with Gasteiger partial charge in [0.05, 0.1) is 5.41 Å². The molecular weight excluding hydrogens is 214 g/mol. The monoisotopic (exact) mass is 241 g/mol. The van der Waals surface area contributed by atoms with Gasteiger partial charge in [-0.1, -0.05) is 27.2 Å². The van der Waals surface area contributed by atoms with Crippen LogP contribution in [-0.4, -0.2) is 35.6 Å². The van der Waals surface area contributed by atoms with Gasteiger partial charge in [-0.05, 0) is 31.6 Å². The van der Waals surface area contributed by atoms with Crippen LogP contribution in [0.2, 0.25) is 0 Å². The van der Waals surface area contributed by atoms with Crippen LogP contribution in [0.5, 0.6) is 0 Å². The van der Waals surface area contributed by atoms with E-state index in [4.69, 9.17) is 0 Å². The van der Waals surface area contributed by atoms with E-state index in [0.717, 1.165) is 25.9 Å². The van der Waals surface area contributed by atoms with Crippen LogP contribution < -0.4 is 0 Å². The SMILES string of the molecule is CCCC(C)(CN1CC(C)CC(C)C1)C(=O)O. The Kier molecular flexibility index (Phi) is 4.99. The lowest BCUT2D eigenvalue weighted by molar-refractivity contribution is -0.150. The van der Waals surface area contributed by atoms with Crippen LogP contribution in [0.25, 0.3) is 0 Å². The van der Waals surface area contributed by atoms with Gasteiger partial charge < -0.3 is 10.0 Å². The fourth-order valence-electron chi connectivity index (χ4n) is 3.22. The van der Waals surface area contributed by atoms with E-state index < -0.39 is 11.4 Å². The highest BCUT2D eigenvalue weighted by Crippen LogP contribution is 2.29. The number of carboxylic acids is 1. The van der Waals surface area contributed by atoms with E-state index in [1.807, 2.05) is 6.92 Å². The molecule has 3 heteroatoms. The van der Waals surface area contributed by atoms with Crippen molar-refractivity contribution >= 4 is 5.97 Å². The molecule has 1 aliphatic rings. The summed E-state index contributed by atoms with van der Waals surface area (Å²) in [6.45, 7) is 11.3. The maximum Gasteiger partial charge on any atom is 0.310 e. The summed E-state index contributed by atoms with van der Waals surface area (Å²) in [5.41, 5.74) is -0.578. The van der Waals surface area contributed by atoms with Gasteiger partial charge in [-0.25, -0.2) is 0 Å². The topological polar surface area (TPSA) is 40.5 Å². The highest BCUT2D eigenvalue weighted by Gasteiger charge is 2.35. The minimum Gasteiger partial charge on any atom is -0.481 e. The first-order valence-electron chi connectivity index (χ1n) is 6.83. The molecule has 0 radical (unpaired) electrons. The van der Waals surface area contributed by atoms with E-state index in [1.165, 1.54) is 6.42 Å². The van der Waals surface area contributed by atoms with Crippen LogP contribution in [0, 0.1) is 17.3 Å². The Bertz CT molecular complexity index is 257. The molecule has 0 aromatic heterocycles. The van der Waals surface area contributed by atoms with Crippen LogP contribution in [-0.2, 0) is 4.79 Å². The Labute approximate surface area is 105 Å². The van der Waals surface area contributed by atoms with Crippen molar-refractivity contribution in [1.29, 1.82) is 0 Å². The van der Waals surface area contributed by atoms with Crippen molar-refractivity contribution in [2.45, 2.75) is 47.0 Å². The predicted molar refractivity (Wildman–Crippen MR) is 70.0 cm³/mol. The van der Waals surface area contributed by atoms with Gasteiger partial charge in [0, 0.05) is 19.6 Å². The van der Waals surface area contributed by atoms with E-state index in [1.54, 1.807) is 0 Å². The smallest absolute Gasteiger partial charge is 0.310 e. The molecule has 17 heavy (non-hydrogen) atoms. The van der Waals surface area contributed by atoms with Gasteiger partial charge in [0.15, 0.2) is 0 Å². The van der Waals surface area contributed by atoms with Crippen LogP contribution in [0.3, 0.4) is 0 Å². The molecule has 3 nitrogen and oxygen atoms in total. The number of hydrogen-bond acceptors (Lipinski definition) is 2. The molecule has 0 aromatic rings. The molecule has 100 valence electrons. The fraction of sp³-hybridized carbons (Fsp3) is 0.929. The van der Waals surface area contributed by atoms with Gasteiger partial charge >= 0.3 is 5.97 Å². The van der Waals surface area contributed by atoms with E-state index in [0.29, 0.717) is 18.4 Å². The summed E-state index contributed by atoms with van der Waals surface area (Å²) in [4.78, 5) is 13.8. The number of rotatable bonds is 5. The summed E-state index contributed by atoms with van der Waals surface area (Å²) in [6, 6.07) is 0. The Hall–Kier alpha value is -0.570. The summed E-state index contributed by atoms with van der Waals surface area (Å²) in [6.07, 6.45) is 2.97. The first-order chi connectivity index (χ1) is 7.87. The van der Waals surface area contributed by atoms with Gasteiger partial charge in [0.25, 0.3) is 0 Å². The summed E-state index contributed by atoms with van der Waals surface area (Å²) < 4.78 is 0. The van der Waals surface area contributed by atoms with Crippen molar-refractivity contribution in [1.82, 2.24) is 4.90 Å². The average Bonchev–Trinajstić information content (AvgIpc) is 2.15. The third kappa shape index (κ3) is 3.98. The Balaban J connectivity index is 2.63. The van der Waals surface area contributed by atoms with Crippen LogP contribution in [0.1, 0.15) is 47.0 Å². The summed E-state index contributed by atoms with van der Waals surface area (Å²) in [7, 11) is 0. The Morgan fingerprint density at radius 3 is 2.29 bits per heavy atom. The maximum atomic E-state index is 11.4. The summed E-state index contributed by atoms with van der Waals surface area (Å²) in [5, 5.41) is 9.40. The van der Waals surface area contributed by atoms with Gasteiger partial charge in [0.1, 0.15) is 0 Å². The standard InChI is InChI=1S/C14H27NO2/c1-5-6-14(4,13(16)17)10-15-8-11(2)7-12(3)9-15/h11-12H,5-10H2,1-4H3,(H,16,17). The second-order valence-electron chi connectivity index (χ2n) is 6.26. The van der Waals surface area contributed by atoms with Crippen LogP contribution in [0.15, 0.2) is 0 Å². The predicted octanol–water partition coefficient (Wildman–Crippen LogP) is 2.86.